The highest BCUT2D eigenvalue weighted by Crippen LogP contribution is 2.32. The van der Waals surface area contributed by atoms with Gasteiger partial charge in [0.15, 0.2) is 0 Å². The molecule has 1 heterocycles. The minimum Gasteiger partial charge on any atom is -0.374 e. The maximum Gasteiger partial charge on any atom is 0.416 e. The van der Waals surface area contributed by atoms with Gasteiger partial charge in [-0.15, -0.1) is 0 Å². The van der Waals surface area contributed by atoms with Crippen LogP contribution in [0.5, 0.6) is 0 Å². The molecule has 0 atom stereocenters. The van der Waals surface area contributed by atoms with Crippen molar-refractivity contribution in [1.29, 1.82) is 0 Å². The Morgan fingerprint density at radius 1 is 1.10 bits per heavy atom. The van der Waals surface area contributed by atoms with Crippen molar-refractivity contribution >= 4 is 5.69 Å². The molecule has 2 nitrogen and oxygen atoms in total. The molecule has 0 fully saturated rings. The van der Waals surface area contributed by atoms with Gasteiger partial charge in [0.25, 0.3) is 0 Å². The molecule has 0 saturated heterocycles. The van der Waals surface area contributed by atoms with Gasteiger partial charge in [0, 0.05) is 31.7 Å². The minimum absolute atomic E-state index is 0.580. The predicted molar refractivity (Wildman–Crippen MR) is 77.4 cm³/mol. The van der Waals surface area contributed by atoms with Crippen molar-refractivity contribution in [3.63, 3.8) is 0 Å². The van der Waals surface area contributed by atoms with Gasteiger partial charge >= 0.3 is 6.18 Å². The smallest absolute Gasteiger partial charge is 0.374 e. The Labute approximate surface area is 122 Å². The molecule has 0 radical (unpaired) electrons. The second-order valence-corrected chi connectivity index (χ2v) is 5.08. The zero-order valence-electron chi connectivity index (χ0n) is 12.0. The fourth-order valence-electron chi connectivity index (χ4n) is 2.12. The molecule has 0 aliphatic carbocycles. The number of pyridine rings is 1. The normalized spacial score (nSPS) is 11.5. The summed E-state index contributed by atoms with van der Waals surface area (Å²) in [5.74, 6) is 0. The topological polar surface area (TPSA) is 16.1 Å². The van der Waals surface area contributed by atoms with Crippen LogP contribution in [0, 0.1) is 6.92 Å². The molecule has 0 saturated carbocycles. The molecule has 2 aromatic rings. The molecule has 112 valence electrons. The van der Waals surface area contributed by atoms with Crippen LogP contribution >= 0.6 is 0 Å². The number of rotatable bonds is 4. The van der Waals surface area contributed by atoms with Crippen LogP contribution in [-0.2, 0) is 12.6 Å². The van der Waals surface area contributed by atoms with E-state index < -0.39 is 11.7 Å². The number of hydrogen-bond acceptors (Lipinski definition) is 2. The van der Waals surface area contributed by atoms with Gasteiger partial charge in [-0.1, -0.05) is 0 Å². The second kappa shape index (κ2) is 6.16. The number of alkyl halides is 3. The zero-order valence-corrected chi connectivity index (χ0v) is 12.0. The largest absolute Gasteiger partial charge is 0.416 e. The standard InChI is InChI=1S/C16H17F3N2/c1-12-9-14(16(17,18)19)11-15(10-12)21(2)8-5-13-3-6-20-7-4-13/h3-4,6-7,9-11H,5,8H2,1-2H3. The molecule has 0 bridgehead atoms. The van der Waals surface area contributed by atoms with E-state index >= 15 is 0 Å². The fourth-order valence-corrected chi connectivity index (χ4v) is 2.12. The summed E-state index contributed by atoms with van der Waals surface area (Å²) in [4.78, 5) is 5.78. The van der Waals surface area contributed by atoms with E-state index in [-0.39, 0.29) is 0 Å². The lowest BCUT2D eigenvalue weighted by Crippen LogP contribution is -2.21. The lowest BCUT2D eigenvalue weighted by Gasteiger charge is -2.21. The Balaban J connectivity index is 2.12. The summed E-state index contributed by atoms with van der Waals surface area (Å²) < 4.78 is 38.5. The minimum atomic E-state index is -4.31. The summed E-state index contributed by atoms with van der Waals surface area (Å²) in [5.41, 5.74) is 1.70. The Morgan fingerprint density at radius 3 is 2.38 bits per heavy atom. The van der Waals surface area contributed by atoms with Crippen molar-refractivity contribution in [2.75, 3.05) is 18.5 Å². The van der Waals surface area contributed by atoms with Crippen LogP contribution in [-0.4, -0.2) is 18.6 Å². The van der Waals surface area contributed by atoms with E-state index in [1.165, 1.54) is 12.1 Å². The van der Waals surface area contributed by atoms with Crippen molar-refractivity contribution in [2.24, 2.45) is 0 Å². The summed E-state index contributed by atoms with van der Waals surface area (Å²) >= 11 is 0. The average Bonchev–Trinajstić information content (AvgIpc) is 2.44. The Bertz CT molecular complexity index is 594. The first-order valence-corrected chi connectivity index (χ1v) is 6.65. The Hall–Kier alpha value is -2.04. The number of aryl methyl sites for hydroxylation is 1. The SMILES string of the molecule is Cc1cc(N(C)CCc2ccncc2)cc(C(F)(F)F)c1. The zero-order chi connectivity index (χ0) is 15.5. The van der Waals surface area contributed by atoms with Gasteiger partial charge in [-0.3, -0.25) is 4.98 Å². The monoisotopic (exact) mass is 294 g/mol. The molecule has 21 heavy (non-hydrogen) atoms. The van der Waals surface area contributed by atoms with Gasteiger partial charge in [-0.25, -0.2) is 0 Å². The van der Waals surface area contributed by atoms with Crippen LogP contribution in [0.25, 0.3) is 0 Å². The van der Waals surface area contributed by atoms with Crippen molar-refractivity contribution in [3.8, 4) is 0 Å². The van der Waals surface area contributed by atoms with E-state index in [0.29, 0.717) is 17.8 Å². The Kier molecular flexibility index (Phi) is 4.50. The van der Waals surface area contributed by atoms with E-state index in [4.69, 9.17) is 0 Å². The first-order valence-electron chi connectivity index (χ1n) is 6.65. The average molecular weight is 294 g/mol. The third-order valence-corrected chi connectivity index (χ3v) is 3.32. The summed E-state index contributed by atoms with van der Waals surface area (Å²) in [6.45, 7) is 2.32. The number of aromatic nitrogens is 1. The molecule has 0 aliphatic rings. The number of halogens is 3. The molecule has 0 aliphatic heterocycles. The molecule has 1 aromatic carbocycles. The van der Waals surface area contributed by atoms with Crippen LogP contribution in [0.4, 0.5) is 18.9 Å². The maximum absolute atomic E-state index is 12.8. The van der Waals surface area contributed by atoms with Crippen molar-refractivity contribution in [2.45, 2.75) is 19.5 Å². The first kappa shape index (κ1) is 15.4. The van der Waals surface area contributed by atoms with Crippen LogP contribution in [0.15, 0.2) is 42.7 Å². The van der Waals surface area contributed by atoms with E-state index in [0.717, 1.165) is 12.0 Å². The van der Waals surface area contributed by atoms with Crippen LogP contribution in [0.1, 0.15) is 16.7 Å². The van der Waals surface area contributed by atoms with Gasteiger partial charge in [0.1, 0.15) is 0 Å². The quantitative estimate of drug-likeness (QED) is 0.844. The van der Waals surface area contributed by atoms with E-state index in [1.54, 1.807) is 32.4 Å². The summed E-state index contributed by atoms with van der Waals surface area (Å²) in [5, 5.41) is 0. The highest BCUT2D eigenvalue weighted by Gasteiger charge is 2.31. The molecule has 2 rings (SSSR count). The Morgan fingerprint density at radius 2 is 1.76 bits per heavy atom. The molecular formula is C16H17F3N2. The molecule has 1 aromatic heterocycles. The van der Waals surface area contributed by atoms with Crippen LogP contribution in [0.3, 0.4) is 0 Å². The number of nitrogens with zero attached hydrogens (tertiary/aromatic N) is 2. The van der Waals surface area contributed by atoms with Gasteiger partial charge < -0.3 is 4.90 Å². The van der Waals surface area contributed by atoms with E-state index in [9.17, 15) is 13.2 Å². The fraction of sp³-hybridized carbons (Fsp3) is 0.312. The van der Waals surface area contributed by atoms with Crippen molar-refractivity contribution in [1.82, 2.24) is 4.98 Å². The van der Waals surface area contributed by atoms with Gasteiger partial charge in [0.05, 0.1) is 5.56 Å². The van der Waals surface area contributed by atoms with Gasteiger partial charge in [-0.2, -0.15) is 13.2 Å². The van der Waals surface area contributed by atoms with E-state index in [2.05, 4.69) is 4.98 Å². The van der Waals surface area contributed by atoms with Crippen LogP contribution in [0.2, 0.25) is 0 Å². The number of benzene rings is 1. The molecule has 0 amide bonds. The summed E-state index contributed by atoms with van der Waals surface area (Å²) in [7, 11) is 1.80. The number of anilines is 1. The third kappa shape index (κ3) is 4.21. The maximum atomic E-state index is 12.8. The highest BCUT2D eigenvalue weighted by molar-refractivity contribution is 5.51. The van der Waals surface area contributed by atoms with E-state index in [1.807, 2.05) is 17.0 Å². The second-order valence-electron chi connectivity index (χ2n) is 5.08. The first-order chi connectivity index (χ1) is 9.86. The van der Waals surface area contributed by atoms with Gasteiger partial charge in [0.2, 0.25) is 0 Å². The molecule has 5 heteroatoms. The lowest BCUT2D eigenvalue weighted by atomic mass is 10.1. The van der Waals surface area contributed by atoms with Crippen molar-refractivity contribution < 1.29 is 13.2 Å². The highest BCUT2D eigenvalue weighted by atomic mass is 19.4. The predicted octanol–water partition coefficient (Wildman–Crippen LogP) is 4.09. The third-order valence-electron chi connectivity index (χ3n) is 3.32. The number of hydrogen-bond donors (Lipinski definition) is 0. The van der Waals surface area contributed by atoms with Crippen LogP contribution < -0.4 is 4.90 Å². The molecular weight excluding hydrogens is 277 g/mol. The summed E-state index contributed by atoms with van der Waals surface area (Å²) in [6.07, 6.45) is -0.130. The molecule has 0 unspecified atom stereocenters. The lowest BCUT2D eigenvalue weighted by molar-refractivity contribution is -0.137. The molecule has 0 spiro atoms. The number of likely N-dealkylation sites (N-methyl/N-ethyl adjacent to an activating group) is 1. The van der Waals surface area contributed by atoms with Gasteiger partial charge in [-0.05, 0) is 54.8 Å². The summed E-state index contributed by atoms with van der Waals surface area (Å²) in [6, 6.07) is 7.94. The molecule has 0 N–H and O–H groups in total. The van der Waals surface area contributed by atoms with Crippen molar-refractivity contribution in [3.05, 3.63) is 59.4 Å².